The first-order valence-electron chi connectivity index (χ1n) is 6.72. The second-order valence-corrected chi connectivity index (χ2v) is 4.75. The topological polar surface area (TPSA) is 32.3 Å². The molecule has 0 heterocycles. The van der Waals surface area contributed by atoms with Crippen LogP contribution in [0.2, 0.25) is 0 Å². The summed E-state index contributed by atoms with van der Waals surface area (Å²) >= 11 is 0. The number of benzene rings is 1. The third-order valence-corrected chi connectivity index (χ3v) is 3.04. The van der Waals surface area contributed by atoms with Gasteiger partial charge in [0, 0.05) is 11.7 Å². The molecule has 1 aromatic carbocycles. The summed E-state index contributed by atoms with van der Waals surface area (Å²) in [4.78, 5) is 0. The van der Waals surface area contributed by atoms with E-state index in [-0.39, 0.29) is 6.61 Å². The normalized spacial score (nSPS) is 12.4. The van der Waals surface area contributed by atoms with Crippen LogP contribution in [0.3, 0.4) is 0 Å². The van der Waals surface area contributed by atoms with Gasteiger partial charge in [0.1, 0.15) is 0 Å². The predicted octanol–water partition coefficient (Wildman–Crippen LogP) is 3.95. The fourth-order valence-corrected chi connectivity index (χ4v) is 1.94. The lowest BCUT2D eigenvalue weighted by Crippen LogP contribution is -2.14. The SMILES string of the molecule is CCCCCCC(C)Nc1ccc(CO)cc1. The molecule has 2 N–H and O–H groups in total. The van der Waals surface area contributed by atoms with Gasteiger partial charge in [-0.25, -0.2) is 0 Å². The minimum Gasteiger partial charge on any atom is -0.392 e. The van der Waals surface area contributed by atoms with Crippen molar-refractivity contribution in [1.29, 1.82) is 0 Å². The van der Waals surface area contributed by atoms with Crippen LogP contribution in [0.4, 0.5) is 5.69 Å². The van der Waals surface area contributed by atoms with Crippen LogP contribution in [0, 0.1) is 0 Å². The van der Waals surface area contributed by atoms with Crippen LogP contribution in [0.1, 0.15) is 51.5 Å². The molecule has 0 fully saturated rings. The number of nitrogens with one attached hydrogen (secondary N) is 1. The van der Waals surface area contributed by atoms with Crippen LogP contribution in [-0.2, 0) is 6.61 Å². The first-order chi connectivity index (χ1) is 8.26. The Morgan fingerprint density at radius 3 is 2.41 bits per heavy atom. The molecular formula is C15H25NO. The largest absolute Gasteiger partial charge is 0.392 e. The molecule has 0 aliphatic carbocycles. The van der Waals surface area contributed by atoms with Crippen molar-refractivity contribution in [3.63, 3.8) is 0 Å². The monoisotopic (exact) mass is 235 g/mol. The van der Waals surface area contributed by atoms with E-state index in [0.29, 0.717) is 6.04 Å². The molecule has 1 atom stereocenters. The van der Waals surface area contributed by atoms with Gasteiger partial charge in [-0.1, -0.05) is 44.7 Å². The lowest BCUT2D eigenvalue weighted by atomic mass is 10.1. The van der Waals surface area contributed by atoms with Gasteiger partial charge >= 0.3 is 0 Å². The molecule has 1 aromatic rings. The fourth-order valence-electron chi connectivity index (χ4n) is 1.94. The van der Waals surface area contributed by atoms with Gasteiger partial charge in [0.25, 0.3) is 0 Å². The third kappa shape index (κ3) is 5.73. The highest BCUT2D eigenvalue weighted by molar-refractivity contribution is 5.45. The maximum atomic E-state index is 8.96. The molecule has 0 aromatic heterocycles. The Morgan fingerprint density at radius 2 is 1.82 bits per heavy atom. The maximum Gasteiger partial charge on any atom is 0.0681 e. The Hall–Kier alpha value is -1.02. The van der Waals surface area contributed by atoms with Crippen molar-refractivity contribution in [3.05, 3.63) is 29.8 Å². The molecule has 96 valence electrons. The summed E-state index contributed by atoms with van der Waals surface area (Å²) in [5.41, 5.74) is 2.11. The molecule has 0 aliphatic heterocycles. The van der Waals surface area contributed by atoms with Crippen LogP contribution >= 0.6 is 0 Å². The Labute approximate surface area is 105 Å². The van der Waals surface area contributed by atoms with Crippen LogP contribution in [0.5, 0.6) is 0 Å². The average molecular weight is 235 g/mol. The van der Waals surface area contributed by atoms with Crippen molar-refractivity contribution in [1.82, 2.24) is 0 Å². The second kappa shape index (κ2) is 8.13. The summed E-state index contributed by atoms with van der Waals surface area (Å²) in [5.74, 6) is 0. The maximum absolute atomic E-state index is 8.96. The number of aliphatic hydroxyl groups excluding tert-OH is 1. The smallest absolute Gasteiger partial charge is 0.0681 e. The minimum atomic E-state index is 0.118. The quantitative estimate of drug-likeness (QED) is 0.669. The highest BCUT2D eigenvalue weighted by Crippen LogP contribution is 2.13. The highest BCUT2D eigenvalue weighted by Gasteiger charge is 2.01. The van der Waals surface area contributed by atoms with Crippen LogP contribution in [-0.4, -0.2) is 11.1 Å². The summed E-state index contributed by atoms with van der Waals surface area (Å²) in [6, 6.07) is 8.52. The Morgan fingerprint density at radius 1 is 1.12 bits per heavy atom. The molecule has 2 nitrogen and oxygen atoms in total. The van der Waals surface area contributed by atoms with Crippen LogP contribution < -0.4 is 5.32 Å². The molecule has 0 amide bonds. The average Bonchev–Trinajstić information content (AvgIpc) is 2.36. The first-order valence-corrected chi connectivity index (χ1v) is 6.72. The number of hydrogen-bond acceptors (Lipinski definition) is 2. The first kappa shape index (κ1) is 14.0. The molecule has 0 saturated carbocycles. The van der Waals surface area contributed by atoms with Gasteiger partial charge in [-0.05, 0) is 31.0 Å². The van der Waals surface area contributed by atoms with E-state index in [1.165, 1.54) is 32.1 Å². The minimum absolute atomic E-state index is 0.118. The molecule has 0 saturated heterocycles. The van der Waals surface area contributed by atoms with Gasteiger partial charge in [-0.2, -0.15) is 0 Å². The molecule has 0 spiro atoms. The van der Waals surface area contributed by atoms with E-state index >= 15 is 0 Å². The molecule has 0 radical (unpaired) electrons. The van der Waals surface area contributed by atoms with Crippen molar-refractivity contribution in [2.75, 3.05) is 5.32 Å². The predicted molar refractivity (Wildman–Crippen MR) is 74.2 cm³/mol. The van der Waals surface area contributed by atoms with E-state index < -0.39 is 0 Å². The van der Waals surface area contributed by atoms with Gasteiger partial charge in [0.05, 0.1) is 6.61 Å². The van der Waals surface area contributed by atoms with E-state index in [9.17, 15) is 0 Å². The van der Waals surface area contributed by atoms with Gasteiger partial charge in [0.2, 0.25) is 0 Å². The second-order valence-electron chi connectivity index (χ2n) is 4.75. The molecule has 2 heteroatoms. The van der Waals surface area contributed by atoms with Crippen molar-refractivity contribution < 1.29 is 5.11 Å². The van der Waals surface area contributed by atoms with Crippen LogP contribution in [0.25, 0.3) is 0 Å². The van der Waals surface area contributed by atoms with Gasteiger partial charge in [-0.3, -0.25) is 0 Å². The van der Waals surface area contributed by atoms with Crippen molar-refractivity contribution in [3.8, 4) is 0 Å². The number of unbranched alkanes of at least 4 members (excludes halogenated alkanes) is 3. The lowest BCUT2D eigenvalue weighted by molar-refractivity contribution is 0.282. The highest BCUT2D eigenvalue weighted by atomic mass is 16.3. The summed E-state index contributed by atoms with van der Waals surface area (Å²) in [7, 11) is 0. The molecule has 0 bridgehead atoms. The zero-order valence-electron chi connectivity index (χ0n) is 11.1. The molecule has 1 rings (SSSR count). The van der Waals surface area contributed by atoms with E-state index in [1.54, 1.807) is 0 Å². The number of aliphatic hydroxyl groups is 1. The summed E-state index contributed by atoms with van der Waals surface area (Å²) in [6.07, 6.45) is 6.51. The van der Waals surface area contributed by atoms with Crippen molar-refractivity contribution in [2.45, 2.75) is 58.6 Å². The van der Waals surface area contributed by atoms with Gasteiger partial charge in [0.15, 0.2) is 0 Å². The summed E-state index contributed by atoms with van der Waals surface area (Å²) < 4.78 is 0. The van der Waals surface area contributed by atoms with E-state index in [4.69, 9.17) is 5.11 Å². The molecule has 1 unspecified atom stereocenters. The number of hydrogen-bond donors (Lipinski definition) is 2. The number of rotatable bonds is 8. The van der Waals surface area contributed by atoms with Gasteiger partial charge in [-0.15, -0.1) is 0 Å². The molecule has 17 heavy (non-hydrogen) atoms. The zero-order chi connectivity index (χ0) is 12.5. The van der Waals surface area contributed by atoms with E-state index in [0.717, 1.165) is 11.3 Å². The third-order valence-electron chi connectivity index (χ3n) is 3.04. The number of anilines is 1. The van der Waals surface area contributed by atoms with Crippen LogP contribution in [0.15, 0.2) is 24.3 Å². The van der Waals surface area contributed by atoms with Crippen molar-refractivity contribution in [2.24, 2.45) is 0 Å². The van der Waals surface area contributed by atoms with Gasteiger partial charge < -0.3 is 10.4 Å². The standard InChI is InChI=1S/C15H25NO/c1-3-4-5-6-7-13(2)16-15-10-8-14(12-17)9-11-15/h8-11,13,16-17H,3-7,12H2,1-2H3. The van der Waals surface area contributed by atoms with E-state index in [1.807, 2.05) is 24.3 Å². The zero-order valence-corrected chi connectivity index (χ0v) is 11.1. The van der Waals surface area contributed by atoms with E-state index in [2.05, 4.69) is 19.2 Å². The summed E-state index contributed by atoms with van der Waals surface area (Å²) in [6.45, 7) is 4.59. The molecule has 0 aliphatic rings. The summed E-state index contributed by atoms with van der Waals surface area (Å²) in [5, 5.41) is 12.4. The fraction of sp³-hybridized carbons (Fsp3) is 0.600. The Balaban J connectivity index is 2.26. The molecular weight excluding hydrogens is 210 g/mol. The Kier molecular flexibility index (Phi) is 6.71. The Bertz CT molecular complexity index is 294. The lowest BCUT2D eigenvalue weighted by Gasteiger charge is -2.15. The van der Waals surface area contributed by atoms with Crippen molar-refractivity contribution >= 4 is 5.69 Å².